The molecule has 0 aromatic rings. The van der Waals surface area contributed by atoms with Gasteiger partial charge in [-0.3, -0.25) is 19.3 Å². The summed E-state index contributed by atoms with van der Waals surface area (Å²) in [7, 11) is 0. The van der Waals surface area contributed by atoms with Crippen molar-refractivity contribution in [3.05, 3.63) is 0 Å². The molecule has 2 rings (SSSR count). The standard InChI is InChI=1S/C15H25N3O3.ClH/c1-2-10-17(12-5-8-16-9-6-12)15(21)7-11-18-13(19)3-4-14(18)20;/h12,16H,2-11H2,1H3;1H. The van der Waals surface area contributed by atoms with Gasteiger partial charge in [0.05, 0.1) is 0 Å². The zero-order chi connectivity index (χ0) is 15.2. The number of nitrogens with zero attached hydrogens (tertiary/aromatic N) is 2. The SMILES string of the molecule is CCCN(C(=O)CCN1C(=O)CCC1=O)C1CCNCC1.Cl. The quantitative estimate of drug-likeness (QED) is 0.735. The topological polar surface area (TPSA) is 69.7 Å². The fourth-order valence-corrected chi connectivity index (χ4v) is 3.09. The summed E-state index contributed by atoms with van der Waals surface area (Å²) >= 11 is 0. The molecule has 0 aromatic heterocycles. The number of amides is 3. The molecule has 2 heterocycles. The normalized spacial score (nSPS) is 19.2. The maximum Gasteiger partial charge on any atom is 0.229 e. The lowest BCUT2D eigenvalue weighted by molar-refractivity contribution is -0.140. The molecule has 2 aliphatic rings. The Labute approximate surface area is 138 Å². The Morgan fingerprint density at radius 1 is 1.23 bits per heavy atom. The average Bonchev–Trinajstić information content (AvgIpc) is 2.82. The van der Waals surface area contributed by atoms with Gasteiger partial charge in [0.25, 0.3) is 0 Å². The third-order valence-corrected chi connectivity index (χ3v) is 4.24. The van der Waals surface area contributed by atoms with E-state index in [9.17, 15) is 14.4 Å². The van der Waals surface area contributed by atoms with Crippen molar-refractivity contribution in [3.8, 4) is 0 Å². The molecular formula is C15H26ClN3O3. The summed E-state index contributed by atoms with van der Waals surface area (Å²) in [6, 6.07) is 0.295. The van der Waals surface area contributed by atoms with E-state index < -0.39 is 0 Å². The van der Waals surface area contributed by atoms with Gasteiger partial charge in [0.2, 0.25) is 17.7 Å². The van der Waals surface area contributed by atoms with Gasteiger partial charge in [0, 0.05) is 38.4 Å². The number of imide groups is 1. The van der Waals surface area contributed by atoms with E-state index in [-0.39, 0.29) is 43.1 Å². The molecule has 2 fully saturated rings. The molecule has 0 radical (unpaired) electrons. The van der Waals surface area contributed by atoms with Crippen molar-refractivity contribution >= 4 is 30.1 Å². The molecular weight excluding hydrogens is 306 g/mol. The summed E-state index contributed by atoms with van der Waals surface area (Å²) < 4.78 is 0. The van der Waals surface area contributed by atoms with Crippen LogP contribution in [0.1, 0.15) is 45.4 Å². The molecule has 1 N–H and O–H groups in total. The number of hydrogen-bond donors (Lipinski definition) is 1. The molecule has 22 heavy (non-hydrogen) atoms. The number of carbonyl (C=O) groups excluding carboxylic acids is 3. The van der Waals surface area contributed by atoms with Crippen LogP contribution in [0.5, 0.6) is 0 Å². The second-order valence-corrected chi connectivity index (χ2v) is 5.76. The van der Waals surface area contributed by atoms with Crippen molar-refractivity contribution in [2.24, 2.45) is 0 Å². The van der Waals surface area contributed by atoms with Crippen molar-refractivity contribution in [3.63, 3.8) is 0 Å². The van der Waals surface area contributed by atoms with Crippen LogP contribution in [-0.4, -0.2) is 59.7 Å². The van der Waals surface area contributed by atoms with Gasteiger partial charge in [0.15, 0.2) is 0 Å². The van der Waals surface area contributed by atoms with E-state index in [2.05, 4.69) is 12.2 Å². The largest absolute Gasteiger partial charge is 0.340 e. The van der Waals surface area contributed by atoms with Gasteiger partial charge in [-0.15, -0.1) is 12.4 Å². The van der Waals surface area contributed by atoms with E-state index in [4.69, 9.17) is 0 Å². The lowest BCUT2D eigenvalue weighted by atomic mass is 10.0. The predicted molar refractivity (Wildman–Crippen MR) is 85.7 cm³/mol. The third-order valence-electron chi connectivity index (χ3n) is 4.24. The molecule has 0 spiro atoms. The van der Waals surface area contributed by atoms with E-state index >= 15 is 0 Å². The minimum atomic E-state index is -0.142. The van der Waals surface area contributed by atoms with Crippen LogP contribution in [0.25, 0.3) is 0 Å². The highest BCUT2D eigenvalue weighted by molar-refractivity contribution is 6.02. The van der Waals surface area contributed by atoms with Gasteiger partial charge in [-0.25, -0.2) is 0 Å². The van der Waals surface area contributed by atoms with Crippen molar-refractivity contribution in [1.82, 2.24) is 15.1 Å². The zero-order valence-corrected chi connectivity index (χ0v) is 14.0. The maximum absolute atomic E-state index is 12.5. The average molecular weight is 332 g/mol. The summed E-state index contributed by atoms with van der Waals surface area (Å²) in [5.41, 5.74) is 0. The minimum absolute atomic E-state index is 0. The van der Waals surface area contributed by atoms with Crippen molar-refractivity contribution < 1.29 is 14.4 Å². The molecule has 6 nitrogen and oxygen atoms in total. The van der Waals surface area contributed by atoms with Crippen LogP contribution in [0, 0.1) is 0 Å². The Balaban J connectivity index is 0.00000242. The smallest absolute Gasteiger partial charge is 0.229 e. The Hall–Kier alpha value is -1.14. The number of nitrogens with one attached hydrogen (secondary N) is 1. The minimum Gasteiger partial charge on any atom is -0.340 e. The third kappa shape index (κ3) is 4.68. The zero-order valence-electron chi connectivity index (χ0n) is 13.2. The molecule has 2 aliphatic heterocycles. The van der Waals surface area contributed by atoms with Crippen molar-refractivity contribution in [1.29, 1.82) is 0 Å². The summed E-state index contributed by atoms with van der Waals surface area (Å²) in [4.78, 5) is 38.8. The maximum atomic E-state index is 12.5. The van der Waals surface area contributed by atoms with Crippen LogP contribution in [0.3, 0.4) is 0 Å². The van der Waals surface area contributed by atoms with Crippen LogP contribution in [-0.2, 0) is 14.4 Å². The van der Waals surface area contributed by atoms with Crippen LogP contribution in [0.2, 0.25) is 0 Å². The molecule has 7 heteroatoms. The van der Waals surface area contributed by atoms with Gasteiger partial charge < -0.3 is 10.2 Å². The highest BCUT2D eigenvalue weighted by Crippen LogP contribution is 2.16. The molecule has 0 saturated carbocycles. The van der Waals surface area contributed by atoms with Crippen molar-refractivity contribution in [2.75, 3.05) is 26.2 Å². The number of carbonyl (C=O) groups is 3. The molecule has 126 valence electrons. The Bertz CT molecular complexity index is 395. The molecule has 0 atom stereocenters. The first-order valence-corrected chi connectivity index (χ1v) is 7.97. The Kier molecular flexibility index (Phi) is 7.82. The first kappa shape index (κ1) is 18.9. The number of halogens is 1. The second-order valence-electron chi connectivity index (χ2n) is 5.76. The molecule has 0 aromatic carbocycles. The van der Waals surface area contributed by atoms with E-state index in [0.29, 0.717) is 18.9 Å². The predicted octanol–water partition coefficient (Wildman–Crippen LogP) is 0.938. The van der Waals surface area contributed by atoms with Gasteiger partial charge in [0.1, 0.15) is 0 Å². The van der Waals surface area contributed by atoms with E-state index in [1.54, 1.807) is 0 Å². The number of likely N-dealkylation sites (tertiary alicyclic amines) is 1. The van der Waals surface area contributed by atoms with Gasteiger partial charge >= 0.3 is 0 Å². The Morgan fingerprint density at radius 2 is 1.82 bits per heavy atom. The molecule has 3 amide bonds. The van der Waals surface area contributed by atoms with Crippen LogP contribution >= 0.6 is 12.4 Å². The summed E-state index contributed by atoms with van der Waals surface area (Å²) in [5.74, 6) is -0.218. The lowest BCUT2D eigenvalue weighted by Crippen LogP contribution is -2.47. The summed E-state index contributed by atoms with van der Waals surface area (Å²) in [6.07, 6.45) is 3.72. The van der Waals surface area contributed by atoms with Gasteiger partial charge in [-0.1, -0.05) is 6.92 Å². The second kappa shape index (κ2) is 9.10. The molecule has 0 aliphatic carbocycles. The molecule has 0 bridgehead atoms. The van der Waals surface area contributed by atoms with Crippen molar-refractivity contribution in [2.45, 2.75) is 51.5 Å². The number of hydrogen-bond acceptors (Lipinski definition) is 4. The first-order chi connectivity index (χ1) is 10.1. The summed E-state index contributed by atoms with van der Waals surface area (Å²) in [5, 5.41) is 3.30. The van der Waals surface area contributed by atoms with E-state index in [1.807, 2.05) is 4.90 Å². The van der Waals surface area contributed by atoms with Crippen LogP contribution < -0.4 is 5.32 Å². The van der Waals surface area contributed by atoms with Crippen LogP contribution in [0.15, 0.2) is 0 Å². The van der Waals surface area contributed by atoms with E-state index in [0.717, 1.165) is 38.9 Å². The molecule has 0 unspecified atom stereocenters. The monoisotopic (exact) mass is 331 g/mol. The highest BCUT2D eigenvalue weighted by atomic mass is 35.5. The van der Waals surface area contributed by atoms with Gasteiger partial charge in [-0.05, 0) is 32.4 Å². The highest BCUT2D eigenvalue weighted by Gasteiger charge is 2.30. The summed E-state index contributed by atoms with van der Waals surface area (Å²) in [6.45, 7) is 4.95. The van der Waals surface area contributed by atoms with E-state index in [1.165, 1.54) is 4.90 Å². The first-order valence-electron chi connectivity index (χ1n) is 7.97. The fraction of sp³-hybridized carbons (Fsp3) is 0.800. The fourth-order valence-electron chi connectivity index (χ4n) is 3.09. The number of rotatable bonds is 6. The lowest BCUT2D eigenvalue weighted by Gasteiger charge is -2.35. The molecule has 2 saturated heterocycles. The van der Waals surface area contributed by atoms with Gasteiger partial charge in [-0.2, -0.15) is 0 Å². The van der Waals surface area contributed by atoms with Crippen LogP contribution in [0.4, 0.5) is 0 Å². The number of piperidine rings is 1. The Morgan fingerprint density at radius 3 is 2.36 bits per heavy atom.